The lowest BCUT2D eigenvalue weighted by Crippen LogP contribution is -2.81. The molecule has 0 saturated heterocycles. The van der Waals surface area contributed by atoms with Crippen molar-refractivity contribution >= 4 is 33.8 Å². The number of carbonyl (C=O) groups excluding carboxylic acids is 1. The molecule has 0 aliphatic rings. The van der Waals surface area contributed by atoms with Crippen molar-refractivity contribution in [2.45, 2.75) is 39.2 Å². The van der Waals surface area contributed by atoms with Crippen LogP contribution in [-0.4, -0.2) is 11.9 Å². The van der Waals surface area contributed by atoms with E-state index >= 15 is 35.1 Å². The van der Waals surface area contributed by atoms with Crippen LogP contribution >= 0.6 is 0 Å². The number of benzene rings is 5. The Bertz CT molecular complexity index is 2460. The topological polar surface area (TPSA) is 20.9 Å². The average molecular weight is 947 g/mol. The smallest absolute Gasteiger partial charge is 0.227 e. The molecule has 1 aromatic heterocycles. The van der Waals surface area contributed by atoms with Crippen LogP contribution < -0.4 is 26.4 Å². The normalized spacial score (nSPS) is 11.5. The van der Waals surface area contributed by atoms with Gasteiger partial charge in [0, 0.05) is 24.1 Å². The van der Waals surface area contributed by atoms with Crippen LogP contribution in [0, 0.1) is 116 Å². The third-order valence-corrected chi connectivity index (χ3v) is 10.2. The van der Waals surface area contributed by atoms with Gasteiger partial charge in [-0.1, -0.05) is 56.2 Å². The van der Waals surface area contributed by atoms with Crippen LogP contribution in [0.3, 0.4) is 0 Å². The van der Waals surface area contributed by atoms with Gasteiger partial charge in [-0.15, -0.1) is 21.9 Å². The number of aromatic nitrogens is 1. The number of hydrogen-bond donors (Lipinski definition) is 0. The molecule has 23 heteroatoms. The maximum Gasteiger partial charge on any atom is 0.227 e. The maximum atomic E-state index is 15.4. The second kappa shape index (κ2) is 19.4. The predicted molar refractivity (Wildman–Crippen MR) is 190 cm³/mol. The quantitative estimate of drug-likeness (QED) is 0.0242. The van der Waals surface area contributed by atoms with Crippen molar-refractivity contribution in [1.82, 2.24) is 0 Å². The molecule has 0 aliphatic heterocycles. The predicted octanol–water partition coefficient (Wildman–Crippen LogP) is 9.44. The number of pyridine rings is 1. The SMILES string of the molecule is CCCCCc1cccc[n+]1CC(=O)c1ccccc1.Fc1c(F)c(F)c([B-](c2c(F)c(F)c(F)c(F)c2F)(c2c(F)c(F)c(F)c(F)c2F)c2c(F)c(F)c(F)c(F)c2F)c(F)c1F. The molecule has 1 heterocycles. The van der Waals surface area contributed by atoms with Crippen molar-refractivity contribution in [3.05, 3.63) is 182 Å². The number of aryl methyl sites for hydroxylation is 1. The minimum absolute atomic E-state index is 0.165. The van der Waals surface area contributed by atoms with Crippen molar-refractivity contribution < 1.29 is 97.2 Å². The molecule has 6 aromatic rings. The second-order valence-electron chi connectivity index (χ2n) is 13.9. The summed E-state index contributed by atoms with van der Waals surface area (Å²) >= 11 is 0. The van der Waals surface area contributed by atoms with E-state index in [0.29, 0.717) is 6.54 Å². The van der Waals surface area contributed by atoms with E-state index in [0.717, 1.165) is 12.0 Å². The van der Waals surface area contributed by atoms with Crippen molar-refractivity contribution in [1.29, 1.82) is 0 Å². The number of nitrogens with zero attached hydrogens (tertiary/aromatic N) is 1. The van der Waals surface area contributed by atoms with Crippen LogP contribution in [0.15, 0.2) is 54.7 Å². The Morgan fingerprint density at radius 1 is 0.400 bits per heavy atom. The third-order valence-electron chi connectivity index (χ3n) is 10.2. The van der Waals surface area contributed by atoms with Crippen molar-refractivity contribution in [2.24, 2.45) is 0 Å². The monoisotopic (exact) mass is 947 g/mol. The molecule has 6 rings (SSSR count). The van der Waals surface area contributed by atoms with Gasteiger partial charge in [-0.05, 0) is 6.42 Å². The molecule has 2 nitrogen and oxygen atoms in total. The lowest BCUT2D eigenvalue weighted by molar-refractivity contribution is -0.690. The number of Topliss-reactive ketones (excluding diaryl/α,β-unsaturated/α-hetero) is 1. The summed E-state index contributed by atoms with van der Waals surface area (Å²) in [7, 11) is 0. The van der Waals surface area contributed by atoms with E-state index in [9.17, 15) is 57.5 Å². The molecule has 0 N–H and O–H groups in total. The van der Waals surface area contributed by atoms with Gasteiger partial charge >= 0.3 is 0 Å². The molecule has 0 radical (unpaired) electrons. The number of rotatable bonds is 11. The zero-order valence-electron chi connectivity index (χ0n) is 32.2. The summed E-state index contributed by atoms with van der Waals surface area (Å²) in [6.07, 6.45) is -0.540. The summed E-state index contributed by atoms with van der Waals surface area (Å²) < 4.78 is 296. The Kier molecular flexibility index (Phi) is 14.8. The van der Waals surface area contributed by atoms with Crippen molar-refractivity contribution in [2.75, 3.05) is 0 Å². The number of ketones is 1. The molecule has 0 fully saturated rings. The van der Waals surface area contributed by atoms with Crippen LogP contribution in [0.1, 0.15) is 42.2 Å². The number of halogens is 20. The standard InChI is InChI=1S/C24BF20.C18H22NO/c26-5-1(6(27)14(35)21(42)13(5)34)25(2-7(28)15(36)22(43)16(37)8(2)29,3-9(30)17(38)23(44)18(39)10(3)31)4-11(32)19(40)24(45)20(41)12(4)33;1-2-3-5-12-17-13-8-9-14-19(17)15-18(20)16-10-6-4-7-11-16/h;4,6-11,13-14H,2-3,5,12,15H2,1H3/q-1;+1. The fourth-order valence-electron chi connectivity index (χ4n) is 7.19. The molecule has 0 amide bonds. The van der Waals surface area contributed by atoms with E-state index in [-0.39, 0.29) is 5.78 Å². The fourth-order valence-corrected chi connectivity index (χ4v) is 7.19. The average Bonchev–Trinajstić information content (AvgIpc) is 3.30. The fraction of sp³-hybridized carbons (Fsp3) is 0.143. The Morgan fingerprint density at radius 3 is 1.00 bits per heavy atom. The molecule has 0 unspecified atom stereocenters. The molecule has 344 valence electrons. The second-order valence-corrected chi connectivity index (χ2v) is 13.9. The lowest BCUT2D eigenvalue weighted by Gasteiger charge is -2.44. The summed E-state index contributed by atoms with van der Waals surface area (Å²) in [5.41, 5.74) is -12.3. The van der Waals surface area contributed by atoms with Gasteiger partial charge in [-0.3, -0.25) is 4.79 Å². The minimum atomic E-state index is -7.22. The van der Waals surface area contributed by atoms with Gasteiger partial charge in [0.1, 0.15) is 52.7 Å². The van der Waals surface area contributed by atoms with Gasteiger partial charge < -0.3 is 0 Å². The third kappa shape index (κ3) is 8.39. The number of hydrogen-bond acceptors (Lipinski definition) is 1. The first-order valence-electron chi connectivity index (χ1n) is 18.3. The Hall–Kier alpha value is -6.42. The van der Waals surface area contributed by atoms with Crippen LogP contribution in [0.2, 0.25) is 0 Å². The van der Waals surface area contributed by atoms with Gasteiger partial charge in [0.2, 0.25) is 12.3 Å². The van der Waals surface area contributed by atoms with Crippen LogP contribution in [-0.2, 0) is 13.0 Å². The molecular weight excluding hydrogens is 925 g/mol. The zero-order valence-corrected chi connectivity index (χ0v) is 32.2. The first kappa shape index (κ1) is 49.6. The van der Waals surface area contributed by atoms with E-state index in [1.54, 1.807) is 0 Å². The lowest BCUT2D eigenvalue weighted by atomic mass is 9.12. The Balaban J connectivity index is 0.000000330. The molecule has 5 aromatic carbocycles. The molecule has 0 saturated carbocycles. The summed E-state index contributed by atoms with van der Waals surface area (Å²) in [6, 6.07) is 15.7. The number of unbranched alkanes of at least 4 members (excludes halogenated alkanes) is 2. The van der Waals surface area contributed by atoms with E-state index in [2.05, 4.69) is 17.6 Å². The van der Waals surface area contributed by atoms with E-state index < -0.39 is 144 Å². The zero-order chi connectivity index (χ0) is 48.6. The molecular formula is C42H22BF20NO. The van der Waals surface area contributed by atoms with Crippen molar-refractivity contribution in [3.8, 4) is 0 Å². The van der Waals surface area contributed by atoms with E-state index in [4.69, 9.17) is 0 Å². The van der Waals surface area contributed by atoms with E-state index in [1.807, 2.05) is 48.7 Å². The molecule has 0 spiro atoms. The van der Waals surface area contributed by atoms with Crippen LogP contribution in [0.25, 0.3) is 0 Å². The van der Waals surface area contributed by atoms with Gasteiger partial charge in [-0.2, -0.15) is 4.57 Å². The number of carbonyl (C=O) groups is 1. The Morgan fingerprint density at radius 2 is 0.692 bits per heavy atom. The highest BCUT2D eigenvalue weighted by molar-refractivity contribution is 7.20. The van der Waals surface area contributed by atoms with Crippen LogP contribution in [0.4, 0.5) is 87.8 Å². The van der Waals surface area contributed by atoms with Crippen LogP contribution in [0.5, 0.6) is 0 Å². The molecule has 0 atom stereocenters. The summed E-state index contributed by atoms with van der Waals surface area (Å²) in [4.78, 5) is 12.3. The van der Waals surface area contributed by atoms with Gasteiger partial charge in [-0.25, -0.2) is 87.8 Å². The summed E-state index contributed by atoms with van der Waals surface area (Å²) in [5.74, 6) is -71.2. The van der Waals surface area contributed by atoms with Gasteiger partial charge in [0.25, 0.3) is 0 Å². The first-order valence-corrected chi connectivity index (χ1v) is 18.3. The van der Waals surface area contributed by atoms with Gasteiger partial charge in [0.15, 0.2) is 81.7 Å². The summed E-state index contributed by atoms with van der Waals surface area (Å²) in [6.45, 7) is 2.63. The largest absolute Gasteiger partial charge is 0.287 e. The minimum Gasteiger partial charge on any atom is -0.287 e. The molecule has 65 heavy (non-hydrogen) atoms. The highest BCUT2D eigenvalue weighted by atomic mass is 19.2. The van der Waals surface area contributed by atoms with E-state index in [1.165, 1.54) is 25.0 Å². The molecule has 0 bridgehead atoms. The highest BCUT2D eigenvalue weighted by Crippen LogP contribution is 2.30. The summed E-state index contributed by atoms with van der Waals surface area (Å²) in [5, 5.41) is 0. The molecule has 0 aliphatic carbocycles. The first-order chi connectivity index (χ1) is 30.5. The van der Waals surface area contributed by atoms with Crippen molar-refractivity contribution in [3.63, 3.8) is 0 Å². The maximum absolute atomic E-state index is 15.4. The highest BCUT2D eigenvalue weighted by Gasteiger charge is 2.52. The Labute approximate surface area is 352 Å². The van der Waals surface area contributed by atoms with Gasteiger partial charge in [0.05, 0.1) is 0 Å².